The van der Waals surface area contributed by atoms with Crippen molar-refractivity contribution in [1.29, 1.82) is 0 Å². The molecule has 0 bridgehead atoms. The van der Waals surface area contributed by atoms with Crippen LogP contribution in [0, 0.1) is 0 Å². The quantitative estimate of drug-likeness (QED) is 0.683. The predicted octanol–water partition coefficient (Wildman–Crippen LogP) is 3.99. The third-order valence-corrected chi connectivity index (χ3v) is 5.15. The molecule has 3 aromatic heterocycles. The number of rotatable bonds is 3. The summed E-state index contributed by atoms with van der Waals surface area (Å²) in [6.45, 7) is 4.21. The Morgan fingerprint density at radius 2 is 2.17 bits per heavy atom. The van der Waals surface area contributed by atoms with E-state index in [-0.39, 0.29) is 0 Å². The van der Waals surface area contributed by atoms with Crippen LogP contribution >= 0.6 is 15.9 Å². The third-order valence-electron chi connectivity index (χ3n) is 4.72. The van der Waals surface area contributed by atoms with Gasteiger partial charge in [-0.05, 0) is 40.9 Å². The Labute approximate surface area is 149 Å². The Morgan fingerprint density at radius 3 is 3.04 bits per heavy atom. The first-order chi connectivity index (χ1) is 11.8. The summed E-state index contributed by atoms with van der Waals surface area (Å²) in [5, 5.41) is 0. The second kappa shape index (κ2) is 6.51. The van der Waals surface area contributed by atoms with E-state index in [0.717, 1.165) is 35.0 Å². The number of piperidine rings is 1. The predicted molar refractivity (Wildman–Crippen MR) is 99.3 cm³/mol. The lowest BCUT2D eigenvalue weighted by Gasteiger charge is -2.35. The standard InChI is InChI=1S/C18H20BrN5/c1-2-17-21-7-9-24(17)14-4-3-8-23(12-14)16-5-6-20-15-10-13(19)11-22-18(15)16/h5-7,9-11,14H,2-4,8,12H2,1H3. The number of fused-ring (bicyclic) bond motifs is 1. The van der Waals surface area contributed by atoms with Crippen LogP contribution in [0.5, 0.6) is 0 Å². The molecule has 0 aliphatic carbocycles. The summed E-state index contributed by atoms with van der Waals surface area (Å²) in [5.41, 5.74) is 3.08. The zero-order valence-corrected chi connectivity index (χ0v) is 15.3. The average molecular weight is 386 g/mol. The normalized spacial score (nSPS) is 18.2. The van der Waals surface area contributed by atoms with Crippen molar-refractivity contribution in [2.24, 2.45) is 0 Å². The molecule has 0 radical (unpaired) electrons. The molecule has 0 aromatic carbocycles. The largest absolute Gasteiger partial charge is 0.368 e. The van der Waals surface area contributed by atoms with E-state index in [1.54, 1.807) is 0 Å². The summed E-state index contributed by atoms with van der Waals surface area (Å²) in [6, 6.07) is 4.58. The highest BCUT2D eigenvalue weighted by atomic mass is 79.9. The minimum atomic E-state index is 0.467. The van der Waals surface area contributed by atoms with Gasteiger partial charge in [0.15, 0.2) is 0 Å². The topological polar surface area (TPSA) is 46.8 Å². The Kier molecular flexibility index (Phi) is 4.22. The van der Waals surface area contributed by atoms with Crippen LogP contribution in [-0.4, -0.2) is 32.6 Å². The molecule has 1 saturated heterocycles. The zero-order chi connectivity index (χ0) is 16.5. The van der Waals surface area contributed by atoms with E-state index in [0.29, 0.717) is 6.04 Å². The molecule has 5 nitrogen and oxygen atoms in total. The maximum absolute atomic E-state index is 4.61. The Morgan fingerprint density at radius 1 is 1.25 bits per heavy atom. The molecule has 1 atom stereocenters. The van der Waals surface area contributed by atoms with Crippen molar-refractivity contribution in [2.45, 2.75) is 32.2 Å². The Hall–Kier alpha value is -1.95. The number of hydrogen-bond donors (Lipinski definition) is 0. The van der Waals surface area contributed by atoms with Gasteiger partial charge in [-0.15, -0.1) is 0 Å². The molecule has 3 aromatic rings. The van der Waals surface area contributed by atoms with Crippen LogP contribution in [0.15, 0.2) is 41.4 Å². The number of hydrogen-bond acceptors (Lipinski definition) is 4. The maximum Gasteiger partial charge on any atom is 0.112 e. The van der Waals surface area contributed by atoms with Crippen molar-refractivity contribution in [1.82, 2.24) is 19.5 Å². The average Bonchev–Trinajstić information content (AvgIpc) is 3.10. The molecule has 0 N–H and O–H groups in total. The molecule has 4 rings (SSSR count). The van der Waals surface area contributed by atoms with Gasteiger partial charge in [0.1, 0.15) is 11.3 Å². The SMILES string of the molecule is CCc1nccn1C1CCCN(c2ccnc3cc(Br)cnc23)C1. The molecule has 1 aliphatic rings. The molecule has 1 unspecified atom stereocenters. The molecule has 1 aliphatic heterocycles. The van der Waals surface area contributed by atoms with Crippen molar-refractivity contribution < 1.29 is 0 Å². The van der Waals surface area contributed by atoms with Crippen LogP contribution in [0.4, 0.5) is 5.69 Å². The van der Waals surface area contributed by atoms with Gasteiger partial charge in [-0.25, -0.2) is 4.98 Å². The van der Waals surface area contributed by atoms with Crippen molar-refractivity contribution in [3.63, 3.8) is 0 Å². The number of pyridine rings is 2. The van der Waals surface area contributed by atoms with Crippen molar-refractivity contribution in [3.05, 3.63) is 47.2 Å². The van der Waals surface area contributed by atoms with Gasteiger partial charge in [0.25, 0.3) is 0 Å². The molecule has 24 heavy (non-hydrogen) atoms. The molecular weight excluding hydrogens is 366 g/mol. The fourth-order valence-electron chi connectivity index (χ4n) is 3.60. The molecule has 0 spiro atoms. The molecule has 0 saturated carbocycles. The first kappa shape index (κ1) is 15.6. The van der Waals surface area contributed by atoms with Gasteiger partial charge in [-0.2, -0.15) is 0 Å². The summed E-state index contributed by atoms with van der Waals surface area (Å²) in [6.07, 6.45) is 11.1. The van der Waals surface area contributed by atoms with Gasteiger partial charge in [0, 0.05) is 48.8 Å². The number of anilines is 1. The van der Waals surface area contributed by atoms with E-state index < -0.39 is 0 Å². The smallest absolute Gasteiger partial charge is 0.112 e. The molecular formula is C18H20BrN5. The maximum atomic E-state index is 4.61. The van der Waals surface area contributed by atoms with Crippen LogP contribution in [0.1, 0.15) is 31.6 Å². The summed E-state index contributed by atoms with van der Waals surface area (Å²) in [4.78, 5) is 16.0. The minimum absolute atomic E-state index is 0.467. The van der Waals surface area contributed by atoms with E-state index in [2.05, 4.69) is 59.5 Å². The van der Waals surface area contributed by atoms with Gasteiger partial charge in [-0.1, -0.05) is 6.92 Å². The van der Waals surface area contributed by atoms with Crippen LogP contribution in [0.3, 0.4) is 0 Å². The number of halogens is 1. The van der Waals surface area contributed by atoms with E-state index >= 15 is 0 Å². The molecule has 124 valence electrons. The molecule has 1 fully saturated rings. The van der Waals surface area contributed by atoms with Crippen molar-refractivity contribution in [3.8, 4) is 0 Å². The van der Waals surface area contributed by atoms with Gasteiger partial charge >= 0.3 is 0 Å². The first-order valence-electron chi connectivity index (χ1n) is 8.43. The summed E-state index contributed by atoms with van der Waals surface area (Å²) < 4.78 is 3.31. The molecule has 4 heterocycles. The monoisotopic (exact) mass is 385 g/mol. The van der Waals surface area contributed by atoms with Crippen LogP contribution < -0.4 is 4.90 Å². The summed E-state index contributed by atoms with van der Waals surface area (Å²) >= 11 is 3.48. The van der Waals surface area contributed by atoms with Gasteiger partial charge in [0.2, 0.25) is 0 Å². The van der Waals surface area contributed by atoms with E-state index in [4.69, 9.17) is 0 Å². The first-order valence-corrected chi connectivity index (χ1v) is 9.22. The Bertz CT molecular complexity index is 859. The fourth-order valence-corrected chi connectivity index (χ4v) is 3.92. The number of imidazole rings is 1. The summed E-state index contributed by atoms with van der Waals surface area (Å²) in [7, 11) is 0. The number of aromatic nitrogens is 4. The van der Waals surface area contributed by atoms with E-state index in [1.807, 2.05) is 24.7 Å². The van der Waals surface area contributed by atoms with Gasteiger partial charge in [0.05, 0.1) is 17.2 Å². The minimum Gasteiger partial charge on any atom is -0.368 e. The molecule has 6 heteroatoms. The van der Waals surface area contributed by atoms with Crippen LogP contribution in [0.25, 0.3) is 11.0 Å². The third kappa shape index (κ3) is 2.79. The second-order valence-electron chi connectivity index (χ2n) is 6.20. The number of aryl methyl sites for hydroxylation is 1. The van der Waals surface area contributed by atoms with Crippen molar-refractivity contribution in [2.75, 3.05) is 18.0 Å². The lowest BCUT2D eigenvalue weighted by Crippen LogP contribution is -2.37. The van der Waals surface area contributed by atoms with Gasteiger partial charge in [-0.3, -0.25) is 9.97 Å². The Balaban J connectivity index is 1.67. The summed E-state index contributed by atoms with van der Waals surface area (Å²) in [5.74, 6) is 1.17. The van der Waals surface area contributed by atoms with E-state index in [9.17, 15) is 0 Å². The van der Waals surface area contributed by atoms with Crippen molar-refractivity contribution >= 4 is 32.7 Å². The second-order valence-corrected chi connectivity index (χ2v) is 7.11. The lowest BCUT2D eigenvalue weighted by atomic mass is 10.0. The lowest BCUT2D eigenvalue weighted by molar-refractivity contribution is 0.396. The zero-order valence-electron chi connectivity index (χ0n) is 13.7. The highest BCUT2D eigenvalue weighted by molar-refractivity contribution is 9.10. The van der Waals surface area contributed by atoms with Gasteiger partial charge < -0.3 is 9.47 Å². The number of nitrogens with zero attached hydrogens (tertiary/aromatic N) is 5. The fraction of sp³-hybridized carbons (Fsp3) is 0.389. The highest BCUT2D eigenvalue weighted by Gasteiger charge is 2.24. The van der Waals surface area contributed by atoms with Crippen LogP contribution in [-0.2, 0) is 6.42 Å². The van der Waals surface area contributed by atoms with E-state index in [1.165, 1.54) is 24.4 Å². The van der Waals surface area contributed by atoms with Crippen LogP contribution in [0.2, 0.25) is 0 Å². The molecule has 0 amide bonds. The highest BCUT2D eigenvalue weighted by Crippen LogP contribution is 2.31.